The molecule has 10 heavy (non-hydrogen) atoms. The fourth-order valence-electron chi connectivity index (χ4n) is 2.36. The largest absolute Gasteiger partial charge is 0.316 e. The summed E-state index contributed by atoms with van der Waals surface area (Å²) >= 11 is 0. The number of rotatable bonds is 0. The van der Waals surface area contributed by atoms with Crippen LogP contribution in [0.15, 0.2) is 0 Å². The Morgan fingerprint density at radius 2 is 1.90 bits per heavy atom. The van der Waals surface area contributed by atoms with Crippen LogP contribution >= 0.6 is 0 Å². The van der Waals surface area contributed by atoms with Crippen LogP contribution in [0.2, 0.25) is 0 Å². The quantitative estimate of drug-likeness (QED) is 0.537. The Labute approximate surface area is 63.2 Å². The van der Waals surface area contributed by atoms with E-state index in [4.69, 9.17) is 0 Å². The van der Waals surface area contributed by atoms with Crippen LogP contribution in [0, 0.1) is 11.8 Å². The summed E-state index contributed by atoms with van der Waals surface area (Å²) < 4.78 is 0. The van der Waals surface area contributed by atoms with Crippen LogP contribution in [0.4, 0.5) is 0 Å². The van der Waals surface area contributed by atoms with Crippen LogP contribution in [-0.2, 0) is 0 Å². The van der Waals surface area contributed by atoms with E-state index in [0.717, 1.165) is 6.54 Å². The van der Waals surface area contributed by atoms with E-state index in [9.17, 15) is 0 Å². The molecule has 1 saturated carbocycles. The SMILES string of the molecule is [CH]1CNCCC12CCCC2. The van der Waals surface area contributed by atoms with Gasteiger partial charge >= 0.3 is 0 Å². The summed E-state index contributed by atoms with van der Waals surface area (Å²) in [5.41, 5.74) is 0.686. The van der Waals surface area contributed by atoms with E-state index in [1.54, 1.807) is 0 Å². The molecule has 0 aromatic rings. The molecule has 0 atom stereocenters. The lowest BCUT2D eigenvalue weighted by Gasteiger charge is -2.33. The van der Waals surface area contributed by atoms with Gasteiger partial charge in [-0.2, -0.15) is 0 Å². The van der Waals surface area contributed by atoms with Gasteiger partial charge in [0, 0.05) is 0 Å². The number of piperidine rings is 1. The van der Waals surface area contributed by atoms with E-state index >= 15 is 0 Å². The maximum absolute atomic E-state index is 3.38. The van der Waals surface area contributed by atoms with Crippen molar-refractivity contribution in [2.24, 2.45) is 5.41 Å². The van der Waals surface area contributed by atoms with E-state index in [1.165, 1.54) is 38.6 Å². The fraction of sp³-hybridized carbons (Fsp3) is 0.889. The van der Waals surface area contributed by atoms with Crippen molar-refractivity contribution in [2.75, 3.05) is 13.1 Å². The zero-order chi connectivity index (χ0) is 6.86. The summed E-state index contributed by atoms with van der Waals surface area (Å²) in [5.74, 6) is 0. The first-order chi connectivity index (χ1) is 4.91. The average Bonchev–Trinajstić information content (AvgIpc) is 2.39. The lowest BCUT2D eigenvalue weighted by molar-refractivity contribution is 0.285. The van der Waals surface area contributed by atoms with Gasteiger partial charge in [-0.15, -0.1) is 0 Å². The van der Waals surface area contributed by atoms with Crippen LogP contribution in [0.5, 0.6) is 0 Å². The zero-order valence-corrected chi connectivity index (χ0v) is 6.53. The van der Waals surface area contributed by atoms with Crippen molar-refractivity contribution in [1.29, 1.82) is 0 Å². The van der Waals surface area contributed by atoms with E-state index < -0.39 is 0 Å². The van der Waals surface area contributed by atoms with Gasteiger partial charge in [0.2, 0.25) is 0 Å². The van der Waals surface area contributed by atoms with E-state index in [0.29, 0.717) is 5.41 Å². The molecule has 1 heterocycles. The molecule has 0 aromatic heterocycles. The summed E-state index contributed by atoms with van der Waals surface area (Å²) in [6.45, 7) is 2.40. The number of hydrogen-bond acceptors (Lipinski definition) is 1. The lowest BCUT2D eigenvalue weighted by atomic mass is 9.78. The summed E-state index contributed by atoms with van der Waals surface area (Å²) in [4.78, 5) is 0. The van der Waals surface area contributed by atoms with Crippen molar-refractivity contribution in [2.45, 2.75) is 32.1 Å². The summed E-state index contributed by atoms with van der Waals surface area (Å²) in [6, 6.07) is 0. The van der Waals surface area contributed by atoms with Gasteiger partial charge in [0.05, 0.1) is 0 Å². The Kier molecular flexibility index (Phi) is 1.69. The third kappa shape index (κ3) is 1.07. The molecule has 0 bridgehead atoms. The van der Waals surface area contributed by atoms with Gasteiger partial charge < -0.3 is 5.32 Å². The Morgan fingerprint density at radius 3 is 2.50 bits per heavy atom. The van der Waals surface area contributed by atoms with Gasteiger partial charge in [0.15, 0.2) is 0 Å². The summed E-state index contributed by atoms with van der Waals surface area (Å²) in [6.07, 6.45) is 9.78. The molecule has 1 spiro atoms. The Morgan fingerprint density at radius 1 is 1.10 bits per heavy atom. The van der Waals surface area contributed by atoms with Crippen LogP contribution in [0.25, 0.3) is 0 Å². The minimum absolute atomic E-state index is 0.686. The van der Waals surface area contributed by atoms with Crippen molar-refractivity contribution in [3.63, 3.8) is 0 Å². The third-order valence-electron chi connectivity index (χ3n) is 3.08. The normalized spacial score (nSPS) is 31.2. The van der Waals surface area contributed by atoms with E-state index in [-0.39, 0.29) is 0 Å². The molecule has 1 nitrogen and oxygen atoms in total. The minimum atomic E-state index is 0.686. The van der Waals surface area contributed by atoms with Crippen molar-refractivity contribution in [3.8, 4) is 0 Å². The molecule has 1 N–H and O–H groups in total. The molecule has 1 saturated heterocycles. The molecule has 1 aliphatic carbocycles. The number of hydrogen-bond donors (Lipinski definition) is 1. The maximum atomic E-state index is 3.38. The Balaban J connectivity index is 1.98. The molecule has 0 amide bonds. The van der Waals surface area contributed by atoms with Crippen molar-refractivity contribution in [1.82, 2.24) is 5.32 Å². The highest BCUT2D eigenvalue weighted by Crippen LogP contribution is 2.43. The van der Waals surface area contributed by atoms with Gasteiger partial charge in [-0.1, -0.05) is 12.8 Å². The standard InChI is InChI=1S/C9H16N/c1-2-4-9(3-1)5-7-10-8-6-9/h5,10H,1-4,6-8H2. The van der Waals surface area contributed by atoms with Gasteiger partial charge in [-0.3, -0.25) is 0 Å². The third-order valence-corrected chi connectivity index (χ3v) is 3.08. The molecule has 2 fully saturated rings. The molecule has 0 aromatic carbocycles. The van der Waals surface area contributed by atoms with Crippen molar-refractivity contribution in [3.05, 3.63) is 6.42 Å². The molecular weight excluding hydrogens is 122 g/mol. The number of nitrogens with one attached hydrogen (secondary N) is 1. The van der Waals surface area contributed by atoms with E-state index in [2.05, 4.69) is 11.7 Å². The predicted octanol–water partition coefficient (Wildman–Crippen LogP) is 1.74. The summed E-state index contributed by atoms with van der Waals surface area (Å²) in [7, 11) is 0. The highest BCUT2D eigenvalue weighted by Gasteiger charge is 2.34. The molecule has 2 rings (SSSR count). The van der Waals surface area contributed by atoms with Crippen LogP contribution in [0.3, 0.4) is 0 Å². The van der Waals surface area contributed by atoms with Gasteiger partial charge in [0.25, 0.3) is 0 Å². The summed E-state index contributed by atoms with van der Waals surface area (Å²) in [5, 5.41) is 3.38. The zero-order valence-electron chi connectivity index (χ0n) is 6.53. The molecule has 1 aliphatic heterocycles. The molecule has 1 heteroatoms. The molecule has 57 valence electrons. The second-order valence-electron chi connectivity index (χ2n) is 3.73. The van der Waals surface area contributed by atoms with Crippen LogP contribution in [-0.4, -0.2) is 13.1 Å². The maximum Gasteiger partial charge on any atom is -0.00119 e. The Bertz CT molecular complexity index is 106. The molecule has 0 unspecified atom stereocenters. The first kappa shape index (κ1) is 6.66. The smallest absolute Gasteiger partial charge is 0.00119 e. The van der Waals surface area contributed by atoms with Crippen molar-refractivity contribution < 1.29 is 0 Å². The van der Waals surface area contributed by atoms with Crippen LogP contribution < -0.4 is 5.32 Å². The molecule has 2 aliphatic rings. The highest BCUT2D eigenvalue weighted by atomic mass is 14.9. The van der Waals surface area contributed by atoms with Gasteiger partial charge in [-0.05, 0) is 44.2 Å². The lowest BCUT2D eigenvalue weighted by Crippen LogP contribution is -2.35. The van der Waals surface area contributed by atoms with Gasteiger partial charge in [0.1, 0.15) is 0 Å². The molecular formula is C9H16N. The predicted molar refractivity (Wildman–Crippen MR) is 42.7 cm³/mol. The van der Waals surface area contributed by atoms with Crippen molar-refractivity contribution >= 4 is 0 Å². The second-order valence-corrected chi connectivity index (χ2v) is 3.73. The highest BCUT2D eigenvalue weighted by molar-refractivity contribution is 4.99. The topological polar surface area (TPSA) is 12.0 Å². The first-order valence-corrected chi connectivity index (χ1v) is 4.46. The van der Waals surface area contributed by atoms with Gasteiger partial charge in [-0.25, -0.2) is 0 Å². The fourth-order valence-corrected chi connectivity index (χ4v) is 2.36. The minimum Gasteiger partial charge on any atom is -0.316 e. The first-order valence-electron chi connectivity index (χ1n) is 4.46. The Hall–Kier alpha value is -0.0400. The molecule has 1 radical (unpaired) electrons. The monoisotopic (exact) mass is 138 g/mol. The van der Waals surface area contributed by atoms with Crippen LogP contribution in [0.1, 0.15) is 32.1 Å². The van der Waals surface area contributed by atoms with E-state index in [1.807, 2.05) is 0 Å². The second kappa shape index (κ2) is 2.54. The average molecular weight is 138 g/mol.